The highest BCUT2D eigenvalue weighted by Gasteiger charge is 2.40. The molecule has 1 saturated carbocycles. The standard InChI is InChI=1S/C27H30F2N6O2/c1-2-35-31-14-24(33-35)30-15-25(36)34-16-20(28)13-23(34)27(37)32-26(18-6-4-3-5-7-18)19-10-11-21(17-8-9-17)22(29)12-19/h3-7,10-12,14,17,20,23,26H,2,8-9,13,15-16H2,1H3,(H,30,33)(H,32,37). The number of amides is 2. The number of anilines is 1. The van der Waals surface area contributed by atoms with Crippen molar-refractivity contribution < 1.29 is 18.4 Å². The third-order valence-electron chi connectivity index (χ3n) is 6.91. The molecule has 3 aromatic rings. The predicted molar refractivity (Wildman–Crippen MR) is 134 cm³/mol. The Kier molecular flexibility index (Phi) is 7.16. The van der Waals surface area contributed by atoms with Gasteiger partial charge in [-0.2, -0.15) is 9.90 Å². The summed E-state index contributed by atoms with van der Waals surface area (Å²) in [7, 11) is 0. The van der Waals surface area contributed by atoms with E-state index in [-0.39, 0.29) is 31.2 Å². The summed E-state index contributed by atoms with van der Waals surface area (Å²) in [6.07, 6.45) is 2.06. The van der Waals surface area contributed by atoms with Crippen LogP contribution in [-0.4, -0.2) is 57.0 Å². The van der Waals surface area contributed by atoms with E-state index >= 15 is 0 Å². The van der Waals surface area contributed by atoms with E-state index in [0.29, 0.717) is 23.5 Å². The molecule has 8 nitrogen and oxygen atoms in total. The second kappa shape index (κ2) is 10.7. The number of carbonyl (C=O) groups excluding carboxylic acids is 2. The van der Waals surface area contributed by atoms with Gasteiger partial charge in [-0.05, 0) is 48.4 Å². The number of nitrogens with one attached hydrogen (secondary N) is 2. The summed E-state index contributed by atoms with van der Waals surface area (Å²) >= 11 is 0. The Morgan fingerprint density at radius 3 is 2.59 bits per heavy atom. The quantitative estimate of drug-likeness (QED) is 0.461. The van der Waals surface area contributed by atoms with Gasteiger partial charge in [0.05, 0.1) is 31.9 Å². The van der Waals surface area contributed by atoms with Gasteiger partial charge < -0.3 is 15.5 Å². The molecule has 194 valence electrons. The number of carbonyl (C=O) groups is 2. The lowest BCUT2D eigenvalue weighted by molar-refractivity contribution is -0.137. The number of nitrogens with zero attached hydrogens (tertiary/aromatic N) is 4. The first kappa shape index (κ1) is 24.9. The van der Waals surface area contributed by atoms with E-state index in [4.69, 9.17) is 0 Å². The number of alkyl halides is 1. The van der Waals surface area contributed by atoms with Crippen molar-refractivity contribution in [2.45, 2.75) is 56.9 Å². The molecule has 1 aromatic heterocycles. The van der Waals surface area contributed by atoms with Crippen LogP contribution in [0, 0.1) is 5.82 Å². The van der Waals surface area contributed by atoms with Crippen LogP contribution in [0.2, 0.25) is 0 Å². The van der Waals surface area contributed by atoms with Crippen molar-refractivity contribution in [1.82, 2.24) is 25.2 Å². The van der Waals surface area contributed by atoms with Gasteiger partial charge in [0.15, 0.2) is 5.82 Å². The van der Waals surface area contributed by atoms with Crippen LogP contribution in [0.1, 0.15) is 54.8 Å². The van der Waals surface area contributed by atoms with E-state index in [1.54, 1.807) is 6.07 Å². The van der Waals surface area contributed by atoms with E-state index in [2.05, 4.69) is 20.8 Å². The molecule has 1 aliphatic carbocycles. The van der Waals surface area contributed by atoms with Gasteiger partial charge in [0.2, 0.25) is 11.8 Å². The lowest BCUT2D eigenvalue weighted by Gasteiger charge is -2.27. The Morgan fingerprint density at radius 1 is 1.14 bits per heavy atom. The Bertz CT molecular complexity index is 1260. The van der Waals surface area contributed by atoms with E-state index in [1.807, 2.05) is 43.3 Å². The van der Waals surface area contributed by atoms with Gasteiger partial charge in [-0.1, -0.05) is 42.5 Å². The molecule has 2 aromatic carbocycles. The maximum atomic E-state index is 14.9. The highest BCUT2D eigenvalue weighted by atomic mass is 19.1. The third-order valence-corrected chi connectivity index (χ3v) is 6.91. The molecule has 2 heterocycles. The zero-order valence-corrected chi connectivity index (χ0v) is 20.6. The highest BCUT2D eigenvalue weighted by molar-refractivity contribution is 5.90. The molecule has 2 amide bonds. The number of aryl methyl sites for hydroxylation is 1. The summed E-state index contributed by atoms with van der Waals surface area (Å²) in [6, 6.07) is 12.7. The number of hydrogen-bond acceptors (Lipinski definition) is 5. The SMILES string of the molecule is CCn1ncc(NCC(=O)N2CC(F)CC2C(=O)NC(c2ccccc2)c2ccc(C3CC3)c(F)c2)n1. The van der Waals surface area contributed by atoms with Gasteiger partial charge in [0, 0.05) is 6.42 Å². The predicted octanol–water partition coefficient (Wildman–Crippen LogP) is 3.57. The topological polar surface area (TPSA) is 92.2 Å². The monoisotopic (exact) mass is 508 g/mol. The van der Waals surface area contributed by atoms with E-state index in [0.717, 1.165) is 18.4 Å². The van der Waals surface area contributed by atoms with Crippen LogP contribution in [0.4, 0.5) is 14.6 Å². The molecule has 5 rings (SSSR count). The molecule has 0 spiro atoms. The summed E-state index contributed by atoms with van der Waals surface area (Å²) in [5.74, 6) is -0.498. The molecule has 2 aliphatic rings. The fourth-order valence-corrected chi connectivity index (χ4v) is 4.80. The third kappa shape index (κ3) is 5.63. The van der Waals surface area contributed by atoms with Gasteiger partial charge in [-0.3, -0.25) is 9.59 Å². The Balaban J connectivity index is 1.32. The summed E-state index contributed by atoms with van der Waals surface area (Å²) in [4.78, 5) is 29.1. The number of halogens is 2. The lowest BCUT2D eigenvalue weighted by Crippen LogP contribution is -2.48. The van der Waals surface area contributed by atoms with Crippen molar-refractivity contribution in [1.29, 1.82) is 0 Å². The van der Waals surface area contributed by atoms with Gasteiger partial charge in [0.1, 0.15) is 18.0 Å². The largest absolute Gasteiger partial charge is 0.358 e. The first-order valence-electron chi connectivity index (χ1n) is 12.6. The average molecular weight is 509 g/mol. The van der Waals surface area contributed by atoms with Crippen molar-refractivity contribution in [3.63, 3.8) is 0 Å². The minimum atomic E-state index is -1.31. The van der Waals surface area contributed by atoms with Crippen LogP contribution in [0.15, 0.2) is 54.7 Å². The van der Waals surface area contributed by atoms with Crippen molar-refractivity contribution in [2.24, 2.45) is 0 Å². The fraction of sp³-hybridized carbons (Fsp3) is 0.407. The first-order valence-corrected chi connectivity index (χ1v) is 12.6. The molecule has 2 N–H and O–H groups in total. The van der Waals surface area contributed by atoms with Gasteiger partial charge in [-0.15, -0.1) is 5.10 Å². The number of likely N-dealkylation sites (tertiary alicyclic amines) is 1. The summed E-state index contributed by atoms with van der Waals surface area (Å²) in [6.45, 7) is 2.17. The molecule has 3 atom stereocenters. The number of benzene rings is 2. The normalized spacial score (nSPS) is 20.0. The first-order chi connectivity index (χ1) is 17.9. The zero-order valence-electron chi connectivity index (χ0n) is 20.6. The fourth-order valence-electron chi connectivity index (χ4n) is 4.80. The van der Waals surface area contributed by atoms with Crippen molar-refractivity contribution in [2.75, 3.05) is 18.4 Å². The molecule has 3 unspecified atom stereocenters. The zero-order chi connectivity index (χ0) is 25.9. The molecule has 10 heteroatoms. The minimum absolute atomic E-state index is 0.0971. The molecule has 1 saturated heterocycles. The van der Waals surface area contributed by atoms with Crippen molar-refractivity contribution >= 4 is 17.6 Å². The number of aromatic nitrogens is 3. The van der Waals surface area contributed by atoms with Gasteiger partial charge in [-0.25, -0.2) is 8.78 Å². The van der Waals surface area contributed by atoms with Gasteiger partial charge >= 0.3 is 0 Å². The Labute approximate surface area is 214 Å². The summed E-state index contributed by atoms with van der Waals surface area (Å²) in [5, 5.41) is 14.1. The van der Waals surface area contributed by atoms with Crippen LogP contribution in [0.25, 0.3) is 0 Å². The molecular weight excluding hydrogens is 478 g/mol. The van der Waals surface area contributed by atoms with E-state index < -0.39 is 30.1 Å². The van der Waals surface area contributed by atoms with Crippen LogP contribution in [0.5, 0.6) is 0 Å². The van der Waals surface area contributed by atoms with Crippen molar-refractivity contribution in [3.8, 4) is 0 Å². The number of hydrogen-bond donors (Lipinski definition) is 2. The van der Waals surface area contributed by atoms with E-state index in [9.17, 15) is 18.4 Å². The number of rotatable bonds is 9. The summed E-state index contributed by atoms with van der Waals surface area (Å²) in [5.41, 5.74) is 2.05. The lowest BCUT2D eigenvalue weighted by atomic mass is 9.96. The molecule has 37 heavy (non-hydrogen) atoms. The Hall–Kier alpha value is -3.82. The molecular formula is C27H30F2N6O2. The van der Waals surface area contributed by atoms with Gasteiger partial charge in [0.25, 0.3) is 0 Å². The molecule has 2 fully saturated rings. The molecule has 0 radical (unpaired) electrons. The smallest absolute Gasteiger partial charge is 0.243 e. The van der Waals surface area contributed by atoms with Crippen LogP contribution in [-0.2, 0) is 16.1 Å². The maximum absolute atomic E-state index is 14.9. The van der Waals surface area contributed by atoms with Crippen LogP contribution >= 0.6 is 0 Å². The second-order valence-electron chi connectivity index (χ2n) is 9.57. The summed E-state index contributed by atoms with van der Waals surface area (Å²) < 4.78 is 29.3. The maximum Gasteiger partial charge on any atom is 0.243 e. The van der Waals surface area contributed by atoms with Crippen molar-refractivity contribution in [3.05, 3.63) is 77.2 Å². The van der Waals surface area contributed by atoms with Crippen LogP contribution < -0.4 is 10.6 Å². The Morgan fingerprint density at radius 2 is 1.92 bits per heavy atom. The minimum Gasteiger partial charge on any atom is -0.358 e. The average Bonchev–Trinajstić information content (AvgIpc) is 3.50. The molecule has 0 bridgehead atoms. The van der Waals surface area contributed by atoms with E-state index in [1.165, 1.54) is 22.0 Å². The highest BCUT2D eigenvalue weighted by Crippen LogP contribution is 2.42. The van der Waals surface area contributed by atoms with Crippen LogP contribution in [0.3, 0.4) is 0 Å². The molecule has 1 aliphatic heterocycles. The second-order valence-corrected chi connectivity index (χ2v) is 9.57.